The number of carbonyl (C=O) groups is 1. The van der Waals surface area contributed by atoms with E-state index in [1.165, 1.54) is 6.20 Å². The third-order valence-corrected chi connectivity index (χ3v) is 2.64. The first-order valence-electron chi connectivity index (χ1n) is 5.81. The lowest BCUT2D eigenvalue weighted by atomic mass is 10.0. The molecule has 1 atom stereocenters. The number of methoxy groups -OCH3 is 1. The summed E-state index contributed by atoms with van der Waals surface area (Å²) in [5.41, 5.74) is 2.92. The highest BCUT2D eigenvalue weighted by Gasteiger charge is 2.17. The summed E-state index contributed by atoms with van der Waals surface area (Å²) >= 11 is 0. The summed E-state index contributed by atoms with van der Waals surface area (Å²) in [4.78, 5) is 16.0. The number of anilines is 1. The molecule has 0 saturated carbocycles. The van der Waals surface area contributed by atoms with E-state index in [4.69, 9.17) is 10.6 Å². The largest absolute Gasteiger partial charge is 0.383 e. The van der Waals surface area contributed by atoms with Crippen LogP contribution in [0, 0.1) is 5.92 Å². The SMILES string of the molecule is COCC(NC(=O)c1ccnc(NN)c1)C(C)C. The van der Waals surface area contributed by atoms with Gasteiger partial charge in [-0.1, -0.05) is 13.8 Å². The molecular weight excluding hydrogens is 232 g/mol. The zero-order chi connectivity index (χ0) is 13.5. The summed E-state index contributed by atoms with van der Waals surface area (Å²) in [5, 5.41) is 2.92. The number of rotatable bonds is 6. The van der Waals surface area contributed by atoms with Crippen LogP contribution in [0.4, 0.5) is 5.82 Å². The third kappa shape index (κ3) is 3.97. The van der Waals surface area contributed by atoms with Crippen LogP contribution in [0.1, 0.15) is 24.2 Å². The van der Waals surface area contributed by atoms with E-state index in [1.54, 1.807) is 19.2 Å². The van der Waals surface area contributed by atoms with Gasteiger partial charge in [-0.2, -0.15) is 0 Å². The number of amides is 1. The first-order chi connectivity index (χ1) is 8.58. The average Bonchev–Trinajstić information content (AvgIpc) is 2.38. The average molecular weight is 252 g/mol. The Kier molecular flexibility index (Phi) is 5.54. The topological polar surface area (TPSA) is 89.3 Å². The second-order valence-electron chi connectivity index (χ2n) is 4.35. The summed E-state index contributed by atoms with van der Waals surface area (Å²) in [6.07, 6.45) is 1.53. The van der Waals surface area contributed by atoms with Crippen molar-refractivity contribution in [3.05, 3.63) is 23.9 Å². The molecule has 100 valence electrons. The molecule has 0 fully saturated rings. The molecule has 18 heavy (non-hydrogen) atoms. The van der Waals surface area contributed by atoms with E-state index in [1.807, 2.05) is 13.8 Å². The molecule has 1 rings (SSSR count). The van der Waals surface area contributed by atoms with E-state index < -0.39 is 0 Å². The van der Waals surface area contributed by atoms with Crippen molar-refractivity contribution < 1.29 is 9.53 Å². The number of pyridine rings is 1. The number of ether oxygens (including phenoxy) is 1. The summed E-state index contributed by atoms with van der Waals surface area (Å²) in [5.74, 6) is 5.84. The highest BCUT2D eigenvalue weighted by atomic mass is 16.5. The second-order valence-corrected chi connectivity index (χ2v) is 4.35. The third-order valence-electron chi connectivity index (χ3n) is 2.64. The molecule has 0 radical (unpaired) electrons. The van der Waals surface area contributed by atoms with Gasteiger partial charge in [-0.3, -0.25) is 4.79 Å². The van der Waals surface area contributed by atoms with Crippen LogP contribution < -0.4 is 16.6 Å². The Balaban J connectivity index is 2.73. The Morgan fingerprint density at radius 2 is 2.28 bits per heavy atom. The smallest absolute Gasteiger partial charge is 0.251 e. The molecule has 0 aromatic carbocycles. The molecule has 6 heteroatoms. The molecule has 0 spiro atoms. The van der Waals surface area contributed by atoms with E-state index in [-0.39, 0.29) is 11.9 Å². The molecule has 0 aliphatic heterocycles. The summed E-state index contributed by atoms with van der Waals surface area (Å²) < 4.78 is 5.09. The molecule has 0 aliphatic carbocycles. The Labute approximate surface area is 107 Å². The van der Waals surface area contributed by atoms with Crippen molar-refractivity contribution in [3.8, 4) is 0 Å². The van der Waals surface area contributed by atoms with Crippen molar-refractivity contribution in [1.29, 1.82) is 0 Å². The molecule has 1 aromatic heterocycles. The van der Waals surface area contributed by atoms with Gasteiger partial charge >= 0.3 is 0 Å². The van der Waals surface area contributed by atoms with Crippen LogP contribution in [0.25, 0.3) is 0 Å². The van der Waals surface area contributed by atoms with E-state index >= 15 is 0 Å². The lowest BCUT2D eigenvalue weighted by Crippen LogP contribution is -2.41. The maximum atomic E-state index is 12.0. The first kappa shape index (κ1) is 14.4. The normalized spacial score (nSPS) is 12.3. The standard InChI is InChI=1S/C12H20N4O2/c1-8(2)10(7-18-3)15-12(17)9-4-5-14-11(6-9)16-13/h4-6,8,10H,7,13H2,1-3H3,(H,14,16)(H,15,17). The zero-order valence-corrected chi connectivity index (χ0v) is 10.9. The molecule has 0 saturated heterocycles. The number of nitrogens with two attached hydrogens (primary N) is 1. The van der Waals surface area contributed by atoms with Gasteiger partial charge in [-0.25, -0.2) is 10.8 Å². The van der Waals surface area contributed by atoms with Crippen molar-refractivity contribution in [2.75, 3.05) is 19.1 Å². The van der Waals surface area contributed by atoms with Gasteiger partial charge in [-0.15, -0.1) is 0 Å². The predicted molar refractivity (Wildman–Crippen MR) is 70.0 cm³/mol. The summed E-state index contributed by atoms with van der Waals surface area (Å²) in [6.45, 7) is 4.54. The predicted octanol–water partition coefficient (Wildman–Crippen LogP) is 0.768. The Morgan fingerprint density at radius 1 is 1.56 bits per heavy atom. The van der Waals surface area contributed by atoms with Gasteiger partial charge in [0, 0.05) is 18.9 Å². The number of carbonyl (C=O) groups excluding carboxylic acids is 1. The van der Waals surface area contributed by atoms with Crippen LogP contribution >= 0.6 is 0 Å². The van der Waals surface area contributed by atoms with Gasteiger partial charge in [-0.05, 0) is 18.1 Å². The molecule has 0 aliphatic rings. The van der Waals surface area contributed by atoms with Gasteiger partial charge in [0.15, 0.2) is 0 Å². The van der Waals surface area contributed by atoms with Crippen molar-refractivity contribution in [1.82, 2.24) is 10.3 Å². The van der Waals surface area contributed by atoms with Crippen molar-refractivity contribution in [2.45, 2.75) is 19.9 Å². The Morgan fingerprint density at radius 3 is 2.83 bits per heavy atom. The van der Waals surface area contributed by atoms with E-state index in [0.29, 0.717) is 23.9 Å². The van der Waals surface area contributed by atoms with Crippen LogP contribution in [0.2, 0.25) is 0 Å². The molecule has 1 heterocycles. The fourth-order valence-electron chi connectivity index (χ4n) is 1.48. The minimum Gasteiger partial charge on any atom is -0.383 e. The summed E-state index contributed by atoms with van der Waals surface area (Å²) in [7, 11) is 1.62. The maximum absolute atomic E-state index is 12.0. The van der Waals surface area contributed by atoms with E-state index in [9.17, 15) is 4.79 Å². The van der Waals surface area contributed by atoms with Crippen molar-refractivity contribution >= 4 is 11.7 Å². The van der Waals surface area contributed by atoms with Crippen LogP contribution in [-0.4, -0.2) is 30.6 Å². The van der Waals surface area contributed by atoms with E-state index in [0.717, 1.165) is 0 Å². The highest BCUT2D eigenvalue weighted by molar-refractivity contribution is 5.95. The molecule has 1 amide bonds. The first-order valence-corrected chi connectivity index (χ1v) is 5.81. The Bertz CT molecular complexity index is 395. The van der Waals surface area contributed by atoms with Gasteiger partial charge in [0.1, 0.15) is 5.82 Å². The molecule has 6 nitrogen and oxygen atoms in total. The number of nitrogen functional groups attached to an aromatic ring is 1. The zero-order valence-electron chi connectivity index (χ0n) is 10.9. The molecule has 1 unspecified atom stereocenters. The van der Waals surface area contributed by atoms with Gasteiger partial charge in [0.2, 0.25) is 0 Å². The maximum Gasteiger partial charge on any atom is 0.251 e. The Hall–Kier alpha value is -1.66. The second kappa shape index (κ2) is 6.93. The molecule has 0 bridgehead atoms. The quantitative estimate of drug-likeness (QED) is 0.514. The monoisotopic (exact) mass is 252 g/mol. The fourth-order valence-corrected chi connectivity index (χ4v) is 1.48. The number of nitrogens with one attached hydrogen (secondary N) is 2. The van der Waals surface area contributed by atoms with E-state index in [2.05, 4.69) is 15.7 Å². The number of aromatic nitrogens is 1. The highest BCUT2D eigenvalue weighted by Crippen LogP contribution is 2.08. The molecular formula is C12H20N4O2. The fraction of sp³-hybridized carbons (Fsp3) is 0.500. The number of hydrazine groups is 1. The minimum atomic E-state index is -0.162. The minimum absolute atomic E-state index is 0.0232. The van der Waals surface area contributed by atoms with Crippen molar-refractivity contribution in [2.24, 2.45) is 11.8 Å². The summed E-state index contributed by atoms with van der Waals surface area (Å²) in [6, 6.07) is 3.21. The van der Waals surface area contributed by atoms with Gasteiger partial charge in [0.25, 0.3) is 5.91 Å². The number of nitrogens with zero attached hydrogens (tertiary/aromatic N) is 1. The number of hydrogen-bond acceptors (Lipinski definition) is 5. The van der Waals surface area contributed by atoms with Crippen molar-refractivity contribution in [3.63, 3.8) is 0 Å². The number of hydrogen-bond donors (Lipinski definition) is 3. The molecule has 1 aromatic rings. The molecule has 4 N–H and O–H groups in total. The lowest BCUT2D eigenvalue weighted by Gasteiger charge is -2.21. The van der Waals surface area contributed by atoms with Crippen LogP contribution in [-0.2, 0) is 4.74 Å². The lowest BCUT2D eigenvalue weighted by molar-refractivity contribution is 0.0866. The van der Waals surface area contributed by atoms with Crippen LogP contribution in [0.3, 0.4) is 0 Å². The van der Waals surface area contributed by atoms with Gasteiger partial charge in [0.05, 0.1) is 12.6 Å². The van der Waals surface area contributed by atoms with Crippen LogP contribution in [0.5, 0.6) is 0 Å². The van der Waals surface area contributed by atoms with Gasteiger partial charge < -0.3 is 15.5 Å². The van der Waals surface area contributed by atoms with Crippen LogP contribution in [0.15, 0.2) is 18.3 Å².